The Bertz CT molecular complexity index is 116. The van der Waals surface area contributed by atoms with Crippen molar-refractivity contribution in [2.45, 2.75) is 0 Å². The highest BCUT2D eigenvalue weighted by atomic mass is 79.9. The second-order valence-corrected chi connectivity index (χ2v) is 1.83. The molecule has 0 aliphatic heterocycles. The molecular weight excluding hydrogens is 179 g/mol. The van der Waals surface area contributed by atoms with E-state index in [4.69, 9.17) is 0 Å². The van der Waals surface area contributed by atoms with Crippen molar-refractivity contribution in [1.82, 2.24) is 10.2 Å². The monoisotopic (exact) mass is 182 g/mol. The second kappa shape index (κ2) is 3.04. The summed E-state index contributed by atoms with van der Waals surface area (Å²) >= 11 is 3.19. The fraction of sp³-hybridized carbons (Fsp3) is 0. The van der Waals surface area contributed by atoms with Crippen LogP contribution in [0.15, 0.2) is 16.9 Å². The average Bonchev–Trinajstić information content (AvgIpc) is 1.86. The molecule has 1 aromatic heterocycles. The van der Waals surface area contributed by atoms with E-state index in [0.717, 1.165) is 4.47 Å². The quantitative estimate of drug-likeness (QED) is 0.650. The third kappa shape index (κ3) is 1.94. The molecule has 0 amide bonds. The number of hydrogen-bond donors (Lipinski definition) is 1. The van der Waals surface area contributed by atoms with Gasteiger partial charge in [-0.1, -0.05) is 0 Å². The van der Waals surface area contributed by atoms with Gasteiger partial charge in [-0.2, -0.15) is 5.10 Å². The highest BCUT2D eigenvalue weighted by Crippen LogP contribution is 2.01. The molecule has 0 aliphatic carbocycles. The summed E-state index contributed by atoms with van der Waals surface area (Å²) in [5.74, 6) is 0. The summed E-state index contributed by atoms with van der Waals surface area (Å²) in [5.41, 5.74) is 0. The summed E-state index contributed by atoms with van der Waals surface area (Å²) in [6.45, 7) is 0. The zero-order valence-electron chi connectivity index (χ0n) is 3.39. The molecule has 40 valence electrons. The Kier molecular flexibility index (Phi) is 3.04. The molecule has 4 heteroatoms. The van der Waals surface area contributed by atoms with E-state index in [1.807, 2.05) is 0 Å². The number of H-pyrrole nitrogens is 1. The molecule has 0 atom stereocenters. The van der Waals surface area contributed by atoms with E-state index in [1.54, 1.807) is 12.4 Å². The van der Waals surface area contributed by atoms with Crippen LogP contribution in [0.25, 0.3) is 0 Å². The van der Waals surface area contributed by atoms with E-state index >= 15 is 0 Å². The van der Waals surface area contributed by atoms with Gasteiger partial charge in [-0.25, -0.2) is 0 Å². The van der Waals surface area contributed by atoms with Crippen LogP contribution in [0.1, 0.15) is 0 Å². The fourth-order valence-electron chi connectivity index (χ4n) is 0.235. The number of nitrogens with zero attached hydrogens (tertiary/aromatic N) is 1. The number of aromatic nitrogens is 2. The predicted octanol–water partition coefficient (Wildman–Crippen LogP) is 1.59. The van der Waals surface area contributed by atoms with E-state index in [0.29, 0.717) is 0 Å². The Labute approximate surface area is 55.8 Å². The minimum absolute atomic E-state index is 0. The van der Waals surface area contributed by atoms with E-state index in [-0.39, 0.29) is 12.4 Å². The lowest BCUT2D eigenvalue weighted by molar-refractivity contribution is 1.09. The van der Waals surface area contributed by atoms with Gasteiger partial charge >= 0.3 is 0 Å². The van der Waals surface area contributed by atoms with Gasteiger partial charge in [0.25, 0.3) is 0 Å². The molecule has 7 heavy (non-hydrogen) atoms. The van der Waals surface area contributed by atoms with Gasteiger partial charge in [-0.05, 0) is 15.9 Å². The summed E-state index contributed by atoms with van der Waals surface area (Å²) in [5, 5.41) is 6.28. The molecule has 0 spiro atoms. The summed E-state index contributed by atoms with van der Waals surface area (Å²) in [7, 11) is 0. The van der Waals surface area contributed by atoms with Crippen molar-refractivity contribution >= 4 is 28.3 Å². The minimum atomic E-state index is 0. The maximum absolute atomic E-state index is 3.65. The molecule has 0 saturated heterocycles. The van der Waals surface area contributed by atoms with E-state index in [9.17, 15) is 0 Å². The summed E-state index contributed by atoms with van der Waals surface area (Å²) in [4.78, 5) is 0. The molecule has 0 fully saturated rings. The Balaban J connectivity index is 0.000000360. The topological polar surface area (TPSA) is 28.7 Å². The maximum atomic E-state index is 3.65. The van der Waals surface area contributed by atoms with Gasteiger partial charge in [0.2, 0.25) is 0 Å². The molecule has 2 nitrogen and oxygen atoms in total. The third-order valence-corrected chi connectivity index (χ3v) is 0.899. The Morgan fingerprint density at radius 3 is 2.57 bits per heavy atom. The predicted molar refractivity (Wildman–Crippen MR) is 33.5 cm³/mol. The lowest BCUT2D eigenvalue weighted by atomic mass is 10.8. The van der Waals surface area contributed by atoms with Gasteiger partial charge in [0, 0.05) is 6.20 Å². The molecule has 0 radical (unpaired) electrons. The molecule has 0 aliphatic rings. The zero-order chi connectivity index (χ0) is 4.41. The first kappa shape index (κ1) is 6.98. The largest absolute Gasteiger partial charge is 0.285 e. The lowest BCUT2D eigenvalue weighted by Crippen LogP contribution is -1.53. The van der Waals surface area contributed by atoms with Crippen molar-refractivity contribution in [1.29, 1.82) is 0 Å². The molecule has 1 N–H and O–H groups in total. The van der Waals surface area contributed by atoms with Gasteiger partial charge in [-0.15, -0.1) is 12.4 Å². The van der Waals surface area contributed by atoms with Crippen LogP contribution in [0.2, 0.25) is 0 Å². The van der Waals surface area contributed by atoms with Crippen LogP contribution in [0.3, 0.4) is 0 Å². The smallest absolute Gasteiger partial charge is 0.0629 e. The maximum Gasteiger partial charge on any atom is 0.0629 e. The van der Waals surface area contributed by atoms with Crippen molar-refractivity contribution in [2.24, 2.45) is 0 Å². The van der Waals surface area contributed by atoms with Gasteiger partial charge < -0.3 is 0 Å². The minimum Gasteiger partial charge on any atom is -0.285 e. The van der Waals surface area contributed by atoms with E-state index < -0.39 is 0 Å². The van der Waals surface area contributed by atoms with Crippen LogP contribution in [-0.4, -0.2) is 10.2 Å². The number of aromatic amines is 1. The lowest BCUT2D eigenvalue weighted by Gasteiger charge is -1.59. The van der Waals surface area contributed by atoms with Gasteiger partial charge in [0.15, 0.2) is 0 Å². The van der Waals surface area contributed by atoms with Crippen molar-refractivity contribution in [3.05, 3.63) is 16.9 Å². The molecule has 0 unspecified atom stereocenters. The first-order valence-electron chi connectivity index (χ1n) is 1.54. The molecule has 1 aromatic rings. The third-order valence-electron chi connectivity index (χ3n) is 0.465. The van der Waals surface area contributed by atoms with E-state index in [2.05, 4.69) is 26.1 Å². The molecule has 0 bridgehead atoms. The van der Waals surface area contributed by atoms with Crippen LogP contribution >= 0.6 is 28.3 Å². The van der Waals surface area contributed by atoms with Gasteiger partial charge in [0.05, 0.1) is 10.7 Å². The molecule has 1 rings (SSSR count). The van der Waals surface area contributed by atoms with Crippen LogP contribution in [0.5, 0.6) is 0 Å². The summed E-state index contributed by atoms with van der Waals surface area (Å²) < 4.78 is 0.988. The fourth-order valence-corrected chi connectivity index (χ4v) is 0.440. The SMILES string of the molecule is Brc1cn[nH]c1.Cl. The van der Waals surface area contributed by atoms with Gasteiger partial charge in [-0.3, -0.25) is 5.10 Å². The number of hydrogen-bond acceptors (Lipinski definition) is 1. The first-order valence-corrected chi connectivity index (χ1v) is 2.33. The summed E-state index contributed by atoms with van der Waals surface area (Å²) in [6, 6.07) is 0. The highest BCUT2D eigenvalue weighted by molar-refractivity contribution is 9.10. The molecular formula is C3H4BrClN2. The van der Waals surface area contributed by atoms with Crippen molar-refractivity contribution < 1.29 is 0 Å². The van der Waals surface area contributed by atoms with Crippen LogP contribution < -0.4 is 0 Å². The molecule has 0 aromatic carbocycles. The normalized spacial score (nSPS) is 7.57. The van der Waals surface area contributed by atoms with Crippen molar-refractivity contribution in [3.63, 3.8) is 0 Å². The standard InChI is InChI=1S/C3H3BrN2.ClH/c4-3-1-5-6-2-3;/h1-2H,(H,5,6);1H. The molecule has 1 heterocycles. The van der Waals surface area contributed by atoms with Crippen molar-refractivity contribution in [3.8, 4) is 0 Å². The summed E-state index contributed by atoms with van der Waals surface area (Å²) in [6.07, 6.45) is 3.46. The van der Waals surface area contributed by atoms with Crippen LogP contribution in [-0.2, 0) is 0 Å². The number of halogens is 2. The average molecular weight is 183 g/mol. The van der Waals surface area contributed by atoms with Crippen LogP contribution in [0.4, 0.5) is 0 Å². The number of nitrogens with one attached hydrogen (secondary N) is 1. The highest BCUT2D eigenvalue weighted by Gasteiger charge is 1.77. The Morgan fingerprint density at radius 1 is 1.71 bits per heavy atom. The first-order chi connectivity index (χ1) is 2.89. The zero-order valence-corrected chi connectivity index (χ0v) is 5.79. The number of rotatable bonds is 0. The Hall–Kier alpha value is -0.0200. The second-order valence-electron chi connectivity index (χ2n) is 0.917. The van der Waals surface area contributed by atoms with Crippen molar-refractivity contribution in [2.75, 3.05) is 0 Å². The molecule has 0 saturated carbocycles. The van der Waals surface area contributed by atoms with Gasteiger partial charge in [0.1, 0.15) is 0 Å². The van der Waals surface area contributed by atoms with E-state index in [1.165, 1.54) is 0 Å². The van der Waals surface area contributed by atoms with Crippen LogP contribution in [0, 0.1) is 0 Å². The Morgan fingerprint density at radius 2 is 2.43 bits per heavy atom.